The van der Waals surface area contributed by atoms with Crippen LogP contribution < -0.4 is 15.8 Å². The maximum Gasteiger partial charge on any atom is 0.239 e. The van der Waals surface area contributed by atoms with Gasteiger partial charge in [0.25, 0.3) is 0 Å². The van der Waals surface area contributed by atoms with E-state index in [1.807, 2.05) is 0 Å². The summed E-state index contributed by atoms with van der Waals surface area (Å²) in [4.78, 5) is 15.8. The Labute approximate surface area is 133 Å². The highest BCUT2D eigenvalue weighted by Crippen LogP contribution is 2.21. The monoisotopic (exact) mass is 319 g/mol. The van der Waals surface area contributed by atoms with Gasteiger partial charge in [-0.05, 0) is 30.3 Å². The molecule has 122 valence electrons. The average molecular weight is 319 g/mol. The van der Waals surface area contributed by atoms with Gasteiger partial charge in [-0.2, -0.15) is 0 Å². The van der Waals surface area contributed by atoms with Gasteiger partial charge in [-0.25, -0.2) is 4.39 Å². The van der Waals surface area contributed by atoms with E-state index >= 15 is 0 Å². The van der Waals surface area contributed by atoms with E-state index in [1.165, 1.54) is 31.4 Å². The van der Waals surface area contributed by atoms with E-state index in [0.29, 0.717) is 17.2 Å². The molecule has 0 aliphatic heterocycles. The number of carbonyl (C=O) groups is 1. The van der Waals surface area contributed by atoms with Crippen molar-refractivity contribution in [2.45, 2.75) is 12.6 Å². The van der Waals surface area contributed by atoms with E-state index in [0.717, 1.165) is 0 Å². The summed E-state index contributed by atoms with van der Waals surface area (Å²) in [5.74, 6) is 0.396. The average Bonchev–Trinajstić information content (AvgIpc) is 2.55. The maximum atomic E-state index is 12.9. The van der Waals surface area contributed by atoms with Gasteiger partial charge in [0.05, 0.1) is 18.8 Å². The van der Waals surface area contributed by atoms with Crippen LogP contribution in [0.2, 0.25) is 0 Å². The lowest BCUT2D eigenvalue weighted by atomic mass is 10.3. The molecule has 0 bridgehead atoms. The smallest absolute Gasteiger partial charge is 0.239 e. The highest BCUT2D eigenvalue weighted by molar-refractivity contribution is 5.81. The number of rotatable bonds is 7. The van der Waals surface area contributed by atoms with Crippen LogP contribution >= 0.6 is 0 Å². The van der Waals surface area contributed by atoms with Crippen molar-refractivity contribution in [1.82, 2.24) is 10.3 Å². The number of pyridine rings is 1. The number of hydrogen-bond donors (Lipinski definition) is 2. The molecule has 1 unspecified atom stereocenters. The highest BCUT2D eigenvalue weighted by atomic mass is 19.1. The van der Waals surface area contributed by atoms with Crippen molar-refractivity contribution in [2.75, 3.05) is 13.7 Å². The first kappa shape index (κ1) is 16.9. The van der Waals surface area contributed by atoms with Crippen LogP contribution in [0.1, 0.15) is 5.69 Å². The fourth-order valence-electron chi connectivity index (χ4n) is 1.82. The minimum absolute atomic E-state index is 0.146. The van der Waals surface area contributed by atoms with Crippen LogP contribution in [0.5, 0.6) is 11.5 Å². The molecule has 1 heterocycles. The van der Waals surface area contributed by atoms with Crippen molar-refractivity contribution in [2.24, 2.45) is 5.73 Å². The number of carbonyl (C=O) groups excluding carboxylic acids is 1. The number of amides is 1. The van der Waals surface area contributed by atoms with Gasteiger partial charge in [0.2, 0.25) is 5.91 Å². The van der Waals surface area contributed by atoms with E-state index in [9.17, 15) is 9.18 Å². The SMILES string of the molecule is COCC(N)C(=O)NCc1cc(Oc2ccc(F)cc2)ccn1. The Hall–Kier alpha value is -2.51. The molecule has 1 amide bonds. The van der Waals surface area contributed by atoms with E-state index < -0.39 is 6.04 Å². The Morgan fingerprint density at radius 3 is 2.74 bits per heavy atom. The fourth-order valence-corrected chi connectivity index (χ4v) is 1.82. The van der Waals surface area contributed by atoms with Crippen LogP contribution in [0.25, 0.3) is 0 Å². The summed E-state index contributed by atoms with van der Waals surface area (Å²) in [6, 6.07) is 8.32. The minimum Gasteiger partial charge on any atom is -0.457 e. The van der Waals surface area contributed by atoms with E-state index in [-0.39, 0.29) is 24.9 Å². The lowest BCUT2D eigenvalue weighted by molar-refractivity contribution is -0.123. The van der Waals surface area contributed by atoms with E-state index in [4.69, 9.17) is 15.2 Å². The summed E-state index contributed by atoms with van der Waals surface area (Å²) in [7, 11) is 1.48. The summed E-state index contributed by atoms with van der Waals surface area (Å²) in [6.45, 7) is 0.365. The lowest BCUT2D eigenvalue weighted by Crippen LogP contribution is -2.43. The van der Waals surface area contributed by atoms with Gasteiger partial charge in [-0.3, -0.25) is 9.78 Å². The molecule has 1 aromatic heterocycles. The Bertz CT molecular complexity index is 649. The number of nitrogens with zero attached hydrogens (tertiary/aromatic N) is 1. The topological polar surface area (TPSA) is 86.5 Å². The van der Waals surface area contributed by atoms with E-state index in [1.54, 1.807) is 18.3 Å². The predicted octanol–water partition coefficient (Wildman–Crippen LogP) is 1.60. The van der Waals surface area contributed by atoms with Crippen LogP contribution in [0.15, 0.2) is 42.6 Å². The highest BCUT2D eigenvalue weighted by Gasteiger charge is 2.12. The second kappa shape index (κ2) is 8.21. The van der Waals surface area contributed by atoms with Crippen molar-refractivity contribution in [1.29, 1.82) is 0 Å². The quantitative estimate of drug-likeness (QED) is 0.809. The summed E-state index contributed by atoms with van der Waals surface area (Å²) in [5.41, 5.74) is 6.24. The van der Waals surface area contributed by atoms with Gasteiger partial charge < -0.3 is 20.5 Å². The number of nitrogens with one attached hydrogen (secondary N) is 1. The number of nitrogens with two attached hydrogens (primary N) is 1. The predicted molar refractivity (Wildman–Crippen MR) is 82.4 cm³/mol. The van der Waals surface area contributed by atoms with Crippen LogP contribution in [0, 0.1) is 5.82 Å². The Balaban J connectivity index is 1.94. The zero-order chi connectivity index (χ0) is 16.7. The summed E-state index contributed by atoms with van der Waals surface area (Å²) in [5, 5.41) is 2.67. The third kappa shape index (κ3) is 5.32. The third-order valence-electron chi connectivity index (χ3n) is 2.96. The second-order valence-corrected chi connectivity index (χ2v) is 4.82. The largest absolute Gasteiger partial charge is 0.457 e. The van der Waals surface area contributed by atoms with Crippen molar-refractivity contribution in [3.63, 3.8) is 0 Å². The molecular formula is C16H18FN3O3. The summed E-state index contributed by atoms with van der Waals surface area (Å²) < 4.78 is 23.3. The van der Waals surface area contributed by atoms with Crippen molar-refractivity contribution >= 4 is 5.91 Å². The van der Waals surface area contributed by atoms with Crippen LogP contribution in [-0.4, -0.2) is 30.6 Å². The molecule has 0 saturated carbocycles. The molecule has 1 atom stereocenters. The van der Waals surface area contributed by atoms with Gasteiger partial charge in [-0.1, -0.05) is 0 Å². The first-order valence-corrected chi connectivity index (χ1v) is 6.99. The van der Waals surface area contributed by atoms with E-state index in [2.05, 4.69) is 10.3 Å². The molecule has 0 radical (unpaired) electrons. The first-order chi connectivity index (χ1) is 11.1. The van der Waals surface area contributed by atoms with Gasteiger partial charge in [0.15, 0.2) is 0 Å². The molecule has 0 aliphatic carbocycles. The molecule has 23 heavy (non-hydrogen) atoms. The molecule has 6 nitrogen and oxygen atoms in total. The maximum absolute atomic E-state index is 12.9. The molecule has 2 aromatic rings. The molecule has 1 aromatic carbocycles. The molecule has 0 aliphatic rings. The molecule has 2 rings (SSSR count). The van der Waals surface area contributed by atoms with Gasteiger partial charge in [-0.15, -0.1) is 0 Å². The number of methoxy groups -OCH3 is 1. The molecule has 3 N–H and O–H groups in total. The molecule has 0 saturated heterocycles. The Morgan fingerprint density at radius 2 is 2.04 bits per heavy atom. The van der Waals surface area contributed by atoms with Crippen molar-refractivity contribution in [3.8, 4) is 11.5 Å². The zero-order valence-electron chi connectivity index (χ0n) is 12.7. The number of hydrogen-bond acceptors (Lipinski definition) is 5. The Kier molecular flexibility index (Phi) is 6.02. The van der Waals surface area contributed by atoms with Crippen LogP contribution in [0.3, 0.4) is 0 Å². The van der Waals surface area contributed by atoms with Crippen molar-refractivity contribution < 1.29 is 18.7 Å². The summed E-state index contributed by atoms with van der Waals surface area (Å²) >= 11 is 0. The number of ether oxygens (including phenoxy) is 2. The van der Waals surface area contributed by atoms with Crippen LogP contribution in [-0.2, 0) is 16.1 Å². The zero-order valence-corrected chi connectivity index (χ0v) is 12.7. The number of halogens is 1. The third-order valence-corrected chi connectivity index (χ3v) is 2.96. The molecule has 7 heteroatoms. The number of benzene rings is 1. The molecule has 0 spiro atoms. The summed E-state index contributed by atoms with van der Waals surface area (Å²) in [6.07, 6.45) is 1.56. The standard InChI is InChI=1S/C16H18FN3O3/c1-22-10-15(18)16(21)20-9-12-8-14(6-7-19-12)23-13-4-2-11(17)3-5-13/h2-8,15H,9-10,18H2,1H3,(H,20,21). The van der Waals surface area contributed by atoms with Gasteiger partial charge in [0.1, 0.15) is 23.4 Å². The Morgan fingerprint density at radius 1 is 1.30 bits per heavy atom. The first-order valence-electron chi connectivity index (χ1n) is 6.99. The van der Waals surface area contributed by atoms with Gasteiger partial charge >= 0.3 is 0 Å². The molecular weight excluding hydrogens is 301 g/mol. The van der Waals surface area contributed by atoms with Gasteiger partial charge in [0, 0.05) is 19.4 Å². The number of aromatic nitrogens is 1. The lowest BCUT2D eigenvalue weighted by Gasteiger charge is -2.11. The van der Waals surface area contributed by atoms with Crippen LogP contribution in [0.4, 0.5) is 4.39 Å². The second-order valence-electron chi connectivity index (χ2n) is 4.82. The minimum atomic E-state index is -0.723. The molecule has 0 fully saturated rings. The normalized spacial score (nSPS) is 11.8. The fraction of sp³-hybridized carbons (Fsp3) is 0.250. The van der Waals surface area contributed by atoms with Crippen molar-refractivity contribution in [3.05, 3.63) is 54.1 Å².